The molecule has 0 saturated heterocycles. The Morgan fingerprint density at radius 3 is 2.74 bits per heavy atom. The Labute approximate surface area is 113 Å². The zero-order chi connectivity index (χ0) is 13.0. The summed E-state index contributed by atoms with van der Waals surface area (Å²) in [6, 6.07) is 11.8. The smallest absolute Gasteiger partial charge is 0.237 e. The molecule has 4 rings (SSSR count). The summed E-state index contributed by atoms with van der Waals surface area (Å²) in [5.74, 6) is 0.580. The molecule has 19 heavy (non-hydrogen) atoms. The molecule has 0 bridgehead atoms. The third kappa shape index (κ3) is 1.43. The van der Waals surface area contributed by atoms with Gasteiger partial charge in [0.2, 0.25) is 5.78 Å². The van der Waals surface area contributed by atoms with Gasteiger partial charge in [-0.25, -0.2) is 9.97 Å². The Morgan fingerprint density at radius 1 is 1.00 bits per heavy atom. The molecule has 0 amide bonds. The maximum absolute atomic E-state index is 6.21. The second-order valence-corrected chi connectivity index (χ2v) is 4.82. The van der Waals surface area contributed by atoms with Gasteiger partial charge in [-0.1, -0.05) is 23.7 Å². The van der Waals surface area contributed by atoms with Crippen LogP contribution in [0.3, 0.4) is 0 Å². The van der Waals surface area contributed by atoms with Crippen LogP contribution in [0.4, 0.5) is 0 Å². The fraction of sp³-hybridized carbons (Fsp3) is 0.0714. The summed E-state index contributed by atoms with van der Waals surface area (Å²) in [4.78, 5) is 13.4. The molecule has 4 nitrogen and oxygen atoms in total. The van der Waals surface area contributed by atoms with Crippen molar-refractivity contribution in [2.24, 2.45) is 0 Å². The Hall–Kier alpha value is -2.20. The van der Waals surface area contributed by atoms with Gasteiger partial charge < -0.3 is 0 Å². The molecule has 0 spiro atoms. The van der Waals surface area contributed by atoms with Crippen LogP contribution in [-0.4, -0.2) is 19.4 Å². The molecule has 0 aliphatic heterocycles. The van der Waals surface area contributed by atoms with Gasteiger partial charge in [0.05, 0.1) is 16.4 Å². The highest BCUT2D eigenvalue weighted by atomic mass is 35.5. The molecule has 4 aromatic rings. The summed E-state index contributed by atoms with van der Waals surface area (Å²) >= 11 is 6.21. The van der Waals surface area contributed by atoms with Crippen LogP contribution in [0.2, 0.25) is 5.15 Å². The first-order valence-electron chi connectivity index (χ1n) is 5.94. The number of aryl methyl sites for hydroxylation is 1. The molecular weight excluding hydrogens is 260 g/mol. The first-order valence-corrected chi connectivity index (χ1v) is 6.32. The molecule has 92 valence electrons. The Bertz CT molecular complexity index is 942. The van der Waals surface area contributed by atoms with E-state index in [1.165, 1.54) is 0 Å². The van der Waals surface area contributed by atoms with Gasteiger partial charge >= 0.3 is 0 Å². The van der Waals surface area contributed by atoms with Crippen molar-refractivity contribution >= 4 is 39.4 Å². The predicted molar refractivity (Wildman–Crippen MR) is 75.5 cm³/mol. The molecule has 3 aromatic heterocycles. The third-order valence-corrected chi connectivity index (χ3v) is 3.48. The van der Waals surface area contributed by atoms with Gasteiger partial charge in [-0.15, -0.1) is 0 Å². The maximum Gasteiger partial charge on any atom is 0.237 e. The van der Waals surface area contributed by atoms with E-state index in [0.717, 1.165) is 27.8 Å². The van der Waals surface area contributed by atoms with Crippen LogP contribution in [0, 0.1) is 6.92 Å². The highest BCUT2D eigenvalue weighted by Crippen LogP contribution is 2.25. The van der Waals surface area contributed by atoms with Gasteiger partial charge in [-0.05, 0) is 31.2 Å². The summed E-state index contributed by atoms with van der Waals surface area (Å²) in [5.41, 5.74) is 3.61. The average Bonchev–Trinajstić information content (AvgIpc) is 2.76. The quantitative estimate of drug-likeness (QED) is 0.459. The summed E-state index contributed by atoms with van der Waals surface area (Å²) in [6.07, 6.45) is 0. The largest absolute Gasteiger partial charge is 0.260 e. The van der Waals surface area contributed by atoms with E-state index in [1.54, 1.807) is 0 Å². The van der Waals surface area contributed by atoms with Crippen molar-refractivity contribution in [3.8, 4) is 0 Å². The topological polar surface area (TPSA) is 43.1 Å². The first kappa shape index (κ1) is 10.7. The van der Waals surface area contributed by atoms with Crippen molar-refractivity contribution in [3.05, 3.63) is 47.2 Å². The van der Waals surface area contributed by atoms with Crippen molar-refractivity contribution in [2.45, 2.75) is 6.92 Å². The molecule has 5 heteroatoms. The Balaban J connectivity index is 2.37. The SMILES string of the molecule is Cc1ccc2c(Cl)nc3nc4ccccc4n3c2n1. The lowest BCUT2D eigenvalue weighted by molar-refractivity contribution is 1.12. The van der Waals surface area contributed by atoms with Crippen molar-refractivity contribution in [2.75, 3.05) is 0 Å². The number of imidazole rings is 1. The second kappa shape index (κ2) is 3.65. The van der Waals surface area contributed by atoms with E-state index < -0.39 is 0 Å². The lowest BCUT2D eigenvalue weighted by atomic mass is 10.3. The third-order valence-electron chi connectivity index (χ3n) is 3.19. The summed E-state index contributed by atoms with van der Waals surface area (Å²) in [5, 5.41) is 1.27. The molecule has 1 aromatic carbocycles. The molecule has 0 fully saturated rings. The van der Waals surface area contributed by atoms with Crippen LogP contribution in [0.1, 0.15) is 5.69 Å². The maximum atomic E-state index is 6.21. The normalized spacial score (nSPS) is 11.7. The molecule has 3 heterocycles. The minimum absolute atomic E-state index is 0.435. The molecule has 0 radical (unpaired) electrons. The second-order valence-electron chi connectivity index (χ2n) is 4.46. The van der Waals surface area contributed by atoms with Crippen LogP contribution in [-0.2, 0) is 0 Å². The van der Waals surface area contributed by atoms with E-state index >= 15 is 0 Å². The van der Waals surface area contributed by atoms with Crippen molar-refractivity contribution in [1.29, 1.82) is 0 Å². The van der Waals surface area contributed by atoms with Gasteiger partial charge in [-0.3, -0.25) is 4.40 Å². The number of hydrogen-bond acceptors (Lipinski definition) is 3. The monoisotopic (exact) mass is 268 g/mol. The highest BCUT2D eigenvalue weighted by molar-refractivity contribution is 6.34. The van der Waals surface area contributed by atoms with Crippen LogP contribution in [0.15, 0.2) is 36.4 Å². The highest BCUT2D eigenvalue weighted by Gasteiger charge is 2.12. The fourth-order valence-corrected chi connectivity index (χ4v) is 2.54. The molecule has 0 atom stereocenters. The number of hydrogen-bond donors (Lipinski definition) is 0. The van der Waals surface area contributed by atoms with E-state index in [9.17, 15) is 0 Å². The Kier molecular flexibility index (Phi) is 2.05. The first-order chi connectivity index (χ1) is 9.24. The standard InChI is InChI=1S/C14H9ClN4/c1-8-6-7-9-12(15)18-14-17-10-4-2-3-5-11(10)19(14)13(9)16-8/h2-7H,1H3. The van der Waals surface area contributed by atoms with E-state index in [-0.39, 0.29) is 0 Å². The van der Waals surface area contributed by atoms with Gasteiger partial charge in [0, 0.05) is 5.69 Å². The lowest BCUT2D eigenvalue weighted by Crippen LogP contribution is -1.96. The molecule has 0 unspecified atom stereocenters. The van der Waals surface area contributed by atoms with Crippen molar-refractivity contribution in [3.63, 3.8) is 0 Å². The van der Waals surface area contributed by atoms with Gasteiger partial charge in [0.1, 0.15) is 5.15 Å². The minimum Gasteiger partial charge on any atom is -0.260 e. The van der Waals surface area contributed by atoms with Crippen LogP contribution in [0.25, 0.3) is 27.8 Å². The van der Waals surface area contributed by atoms with Crippen molar-refractivity contribution < 1.29 is 0 Å². The van der Waals surface area contributed by atoms with Crippen LogP contribution >= 0.6 is 11.6 Å². The number of nitrogens with zero attached hydrogens (tertiary/aromatic N) is 4. The van der Waals surface area contributed by atoms with Crippen molar-refractivity contribution in [1.82, 2.24) is 19.4 Å². The molecular formula is C14H9ClN4. The molecule has 0 aliphatic carbocycles. The van der Waals surface area contributed by atoms with Gasteiger partial charge in [0.25, 0.3) is 0 Å². The zero-order valence-electron chi connectivity index (χ0n) is 10.1. The van der Waals surface area contributed by atoms with E-state index in [0.29, 0.717) is 10.9 Å². The van der Waals surface area contributed by atoms with Gasteiger partial charge in [0.15, 0.2) is 5.65 Å². The number of fused-ring (bicyclic) bond motifs is 5. The minimum atomic E-state index is 0.435. The number of halogens is 1. The number of benzene rings is 1. The number of rotatable bonds is 0. The number of pyridine rings is 1. The molecule has 0 saturated carbocycles. The van der Waals surface area contributed by atoms with E-state index in [1.807, 2.05) is 47.7 Å². The number of para-hydroxylation sites is 2. The van der Waals surface area contributed by atoms with Crippen LogP contribution in [0.5, 0.6) is 0 Å². The summed E-state index contributed by atoms with van der Waals surface area (Å²) < 4.78 is 1.95. The predicted octanol–water partition coefficient (Wildman–Crippen LogP) is 3.39. The van der Waals surface area contributed by atoms with Gasteiger partial charge in [-0.2, -0.15) is 4.98 Å². The number of aromatic nitrogens is 4. The van der Waals surface area contributed by atoms with E-state index in [2.05, 4.69) is 15.0 Å². The fourth-order valence-electron chi connectivity index (χ4n) is 2.32. The molecule has 0 N–H and O–H groups in total. The zero-order valence-corrected chi connectivity index (χ0v) is 10.9. The summed E-state index contributed by atoms with van der Waals surface area (Å²) in [6.45, 7) is 1.96. The molecule has 0 aliphatic rings. The Morgan fingerprint density at radius 2 is 1.84 bits per heavy atom. The van der Waals surface area contributed by atoms with E-state index in [4.69, 9.17) is 11.6 Å². The van der Waals surface area contributed by atoms with Crippen LogP contribution < -0.4 is 0 Å². The lowest BCUT2D eigenvalue weighted by Gasteiger charge is -2.04. The summed E-state index contributed by atoms with van der Waals surface area (Å²) in [7, 11) is 0. The average molecular weight is 269 g/mol.